The first-order chi connectivity index (χ1) is 8.45. The molecule has 2 atom stereocenters. The van der Waals surface area contributed by atoms with E-state index < -0.39 is 0 Å². The molecule has 0 unspecified atom stereocenters. The Kier molecular flexibility index (Phi) is 4.35. The van der Waals surface area contributed by atoms with Crippen molar-refractivity contribution in [1.29, 1.82) is 0 Å². The molecule has 0 radical (unpaired) electrons. The minimum Gasteiger partial charge on any atom is -0.394 e. The predicted molar refractivity (Wildman–Crippen MR) is 73.6 cm³/mol. The molecule has 0 aromatic heterocycles. The van der Waals surface area contributed by atoms with Crippen LogP contribution in [0.3, 0.4) is 0 Å². The summed E-state index contributed by atoms with van der Waals surface area (Å²) in [6.07, 6.45) is 5.61. The van der Waals surface area contributed by atoms with Crippen molar-refractivity contribution in [1.82, 2.24) is 5.32 Å². The first-order valence-corrected chi connectivity index (χ1v) is 7.41. The second kappa shape index (κ2) is 5.48. The molecule has 0 spiro atoms. The minimum absolute atomic E-state index is 0.0663. The van der Waals surface area contributed by atoms with Gasteiger partial charge in [0.05, 0.1) is 6.61 Å². The zero-order valence-electron chi connectivity index (χ0n) is 12.2. The van der Waals surface area contributed by atoms with Crippen LogP contribution in [0.15, 0.2) is 0 Å². The number of hydrogen-bond donors (Lipinski definition) is 2. The lowest BCUT2D eigenvalue weighted by atomic mass is 9.64. The summed E-state index contributed by atoms with van der Waals surface area (Å²) >= 11 is 0. The number of nitrogens with one attached hydrogen (secondary N) is 1. The standard InChI is InChI=1S/C15H29NO2/c1-12-8-14(2,3)10-15(9-12,11-17)16-13-4-6-18-7-5-13/h12-13,16-17H,4-11H2,1-3H3/t12-,15+/m1/s1. The maximum absolute atomic E-state index is 9.93. The Morgan fingerprint density at radius 1 is 1.22 bits per heavy atom. The molecule has 1 saturated carbocycles. The van der Waals surface area contributed by atoms with Crippen molar-refractivity contribution in [2.45, 2.75) is 64.5 Å². The number of aliphatic hydroxyl groups is 1. The smallest absolute Gasteiger partial charge is 0.0613 e. The molecule has 3 nitrogen and oxygen atoms in total. The van der Waals surface area contributed by atoms with Gasteiger partial charge in [-0.25, -0.2) is 0 Å². The fourth-order valence-corrected chi connectivity index (χ4v) is 4.29. The van der Waals surface area contributed by atoms with Gasteiger partial charge in [-0.3, -0.25) is 0 Å². The highest BCUT2D eigenvalue weighted by atomic mass is 16.5. The number of aliphatic hydroxyl groups excluding tert-OH is 1. The highest BCUT2D eigenvalue weighted by molar-refractivity contribution is 5.00. The third kappa shape index (κ3) is 3.46. The molecule has 0 aromatic rings. The zero-order valence-corrected chi connectivity index (χ0v) is 12.2. The molecule has 2 fully saturated rings. The molecular formula is C15H29NO2. The summed E-state index contributed by atoms with van der Waals surface area (Å²) < 4.78 is 5.42. The van der Waals surface area contributed by atoms with Gasteiger partial charge in [-0.1, -0.05) is 20.8 Å². The van der Waals surface area contributed by atoms with Crippen LogP contribution in [0.4, 0.5) is 0 Å². The van der Waals surface area contributed by atoms with Gasteiger partial charge in [0, 0.05) is 24.8 Å². The van der Waals surface area contributed by atoms with E-state index in [1.54, 1.807) is 0 Å². The topological polar surface area (TPSA) is 41.5 Å². The normalized spacial score (nSPS) is 37.7. The highest BCUT2D eigenvalue weighted by Gasteiger charge is 2.43. The monoisotopic (exact) mass is 255 g/mol. The molecule has 106 valence electrons. The zero-order chi connectivity index (χ0) is 13.2. The summed E-state index contributed by atoms with van der Waals surface area (Å²) in [4.78, 5) is 0. The highest BCUT2D eigenvalue weighted by Crippen LogP contribution is 2.44. The molecule has 2 rings (SSSR count). The summed E-state index contributed by atoms with van der Waals surface area (Å²) in [6, 6.07) is 0.520. The first-order valence-electron chi connectivity index (χ1n) is 7.41. The molecule has 1 heterocycles. The molecule has 1 aliphatic carbocycles. The van der Waals surface area contributed by atoms with Crippen molar-refractivity contribution in [3.8, 4) is 0 Å². The quantitative estimate of drug-likeness (QED) is 0.813. The van der Waals surface area contributed by atoms with Gasteiger partial charge in [-0.15, -0.1) is 0 Å². The van der Waals surface area contributed by atoms with Gasteiger partial charge in [-0.2, -0.15) is 0 Å². The first kappa shape index (κ1) is 14.3. The maximum Gasteiger partial charge on any atom is 0.0613 e. The van der Waals surface area contributed by atoms with Crippen LogP contribution in [0.25, 0.3) is 0 Å². The van der Waals surface area contributed by atoms with E-state index in [-0.39, 0.29) is 12.1 Å². The van der Waals surface area contributed by atoms with E-state index in [9.17, 15) is 5.11 Å². The van der Waals surface area contributed by atoms with Crippen LogP contribution >= 0.6 is 0 Å². The van der Waals surface area contributed by atoms with Crippen LogP contribution in [0, 0.1) is 11.3 Å². The van der Waals surface area contributed by atoms with E-state index in [0.29, 0.717) is 17.4 Å². The van der Waals surface area contributed by atoms with Crippen molar-refractivity contribution in [3.63, 3.8) is 0 Å². The third-order valence-corrected chi connectivity index (χ3v) is 4.49. The lowest BCUT2D eigenvalue weighted by Crippen LogP contribution is -2.59. The number of hydrogen-bond acceptors (Lipinski definition) is 3. The van der Waals surface area contributed by atoms with E-state index in [4.69, 9.17) is 4.74 Å². The molecule has 3 heteroatoms. The van der Waals surface area contributed by atoms with Gasteiger partial charge in [0.25, 0.3) is 0 Å². The van der Waals surface area contributed by atoms with Crippen LogP contribution in [-0.2, 0) is 4.74 Å². The molecular weight excluding hydrogens is 226 g/mol. The Morgan fingerprint density at radius 2 is 1.89 bits per heavy atom. The minimum atomic E-state index is -0.0663. The van der Waals surface area contributed by atoms with Gasteiger partial charge >= 0.3 is 0 Å². The van der Waals surface area contributed by atoms with Gasteiger partial charge < -0.3 is 15.2 Å². The molecule has 2 aliphatic rings. The van der Waals surface area contributed by atoms with Gasteiger partial charge in [0.1, 0.15) is 0 Å². The average Bonchev–Trinajstić information content (AvgIpc) is 2.27. The molecule has 18 heavy (non-hydrogen) atoms. The SMILES string of the molecule is C[C@@H]1CC(C)(C)C[C@@](CO)(NC2CCOCC2)C1. The molecule has 1 aliphatic heterocycles. The maximum atomic E-state index is 9.93. The van der Waals surface area contributed by atoms with Crippen LogP contribution in [0.1, 0.15) is 52.9 Å². The van der Waals surface area contributed by atoms with Gasteiger partial charge in [-0.05, 0) is 43.4 Å². The second-order valence-corrected chi connectivity index (χ2v) is 7.32. The van der Waals surface area contributed by atoms with Crippen LogP contribution < -0.4 is 5.32 Å². The summed E-state index contributed by atoms with van der Waals surface area (Å²) in [5.41, 5.74) is 0.266. The Labute approximate surface area is 111 Å². The fourth-order valence-electron chi connectivity index (χ4n) is 4.29. The lowest BCUT2D eigenvalue weighted by molar-refractivity contribution is 0.00839. The van der Waals surface area contributed by atoms with Gasteiger partial charge in [0.2, 0.25) is 0 Å². The Morgan fingerprint density at radius 3 is 2.44 bits per heavy atom. The van der Waals surface area contributed by atoms with Gasteiger partial charge in [0.15, 0.2) is 0 Å². The molecule has 0 aromatic carbocycles. The largest absolute Gasteiger partial charge is 0.394 e. The van der Waals surface area contributed by atoms with E-state index in [0.717, 1.165) is 38.9 Å². The van der Waals surface area contributed by atoms with E-state index in [1.165, 1.54) is 6.42 Å². The van der Waals surface area contributed by atoms with Crippen LogP contribution in [0.2, 0.25) is 0 Å². The van der Waals surface area contributed by atoms with Crippen molar-refractivity contribution in [2.24, 2.45) is 11.3 Å². The number of rotatable bonds is 3. The third-order valence-electron chi connectivity index (χ3n) is 4.49. The second-order valence-electron chi connectivity index (χ2n) is 7.32. The Bertz CT molecular complexity index is 274. The molecule has 0 amide bonds. The predicted octanol–water partition coefficient (Wildman–Crippen LogP) is 2.33. The fraction of sp³-hybridized carbons (Fsp3) is 1.00. The summed E-state index contributed by atoms with van der Waals surface area (Å²) in [7, 11) is 0. The Hall–Kier alpha value is -0.120. The van der Waals surface area contributed by atoms with Crippen molar-refractivity contribution in [3.05, 3.63) is 0 Å². The summed E-state index contributed by atoms with van der Waals surface area (Å²) in [5, 5.41) is 13.7. The van der Waals surface area contributed by atoms with E-state index >= 15 is 0 Å². The molecule has 2 N–H and O–H groups in total. The molecule has 1 saturated heterocycles. The summed E-state index contributed by atoms with van der Waals surface area (Å²) in [6.45, 7) is 8.96. The van der Waals surface area contributed by atoms with Crippen LogP contribution in [0.5, 0.6) is 0 Å². The van der Waals surface area contributed by atoms with E-state index in [1.807, 2.05) is 0 Å². The molecule has 0 bridgehead atoms. The van der Waals surface area contributed by atoms with Crippen molar-refractivity contribution >= 4 is 0 Å². The van der Waals surface area contributed by atoms with Crippen molar-refractivity contribution in [2.75, 3.05) is 19.8 Å². The Balaban J connectivity index is 2.04. The van der Waals surface area contributed by atoms with Crippen LogP contribution in [-0.4, -0.2) is 36.5 Å². The van der Waals surface area contributed by atoms with E-state index in [2.05, 4.69) is 26.1 Å². The lowest BCUT2D eigenvalue weighted by Gasteiger charge is -2.49. The summed E-state index contributed by atoms with van der Waals surface area (Å²) in [5.74, 6) is 0.688. The number of ether oxygens (including phenoxy) is 1. The average molecular weight is 255 g/mol. The van der Waals surface area contributed by atoms with Crippen molar-refractivity contribution < 1.29 is 9.84 Å².